The van der Waals surface area contributed by atoms with Crippen LogP contribution in [-0.2, 0) is 13.5 Å². The van der Waals surface area contributed by atoms with E-state index < -0.39 is 0 Å². The molecule has 0 saturated carbocycles. The van der Waals surface area contributed by atoms with Crippen LogP contribution in [0.4, 0.5) is 0 Å². The van der Waals surface area contributed by atoms with Gasteiger partial charge in [-0.3, -0.25) is 4.90 Å². The molecule has 0 amide bonds. The van der Waals surface area contributed by atoms with Gasteiger partial charge in [-0.15, -0.1) is 11.6 Å². The third-order valence-corrected chi connectivity index (χ3v) is 3.83. The van der Waals surface area contributed by atoms with Gasteiger partial charge in [0.15, 0.2) is 0 Å². The molecular formula is C12H20ClN3. The zero-order valence-corrected chi connectivity index (χ0v) is 10.7. The van der Waals surface area contributed by atoms with Crippen LogP contribution in [0.25, 0.3) is 0 Å². The lowest BCUT2D eigenvalue weighted by molar-refractivity contribution is 0.164. The lowest BCUT2D eigenvalue weighted by Crippen LogP contribution is -2.41. The Morgan fingerprint density at radius 1 is 1.50 bits per heavy atom. The van der Waals surface area contributed by atoms with E-state index in [4.69, 9.17) is 11.6 Å². The van der Waals surface area contributed by atoms with Crippen molar-refractivity contribution in [2.75, 3.05) is 19.0 Å². The quantitative estimate of drug-likeness (QED) is 0.753. The average Bonchev–Trinajstić information content (AvgIpc) is 2.72. The molecule has 0 aromatic carbocycles. The number of rotatable bonds is 4. The summed E-state index contributed by atoms with van der Waals surface area (Å²) in [4.78, 5) is 6.87. The highest BCUT2D eigenvalue weighted by Crippen LogP contribution is 2.18. The van der Waals surface area contributed by atoms with Gasteiger partial charge in [-0.25, -0.2) is 4.98 Å². The molecule has 0 spiro atoms. The predicted octanol–water partition coefficient (Wildman–Crippen LogP) is 2.06. The van der Waals surface area contributed by atoms with Gasteiger partial charge in [0.25, 0.3) is 0 Å². The van der Waals surface area contributed by atoms with Gasteiger partial charge in [0, 0.05) is 44.3 Å². The van der Waals surface area contributed by atoms with E-state index in [1.165, 1.54) is 31.6 Å². The van der Waals surface area contributed by atoms with Crippen LogP contribution >= 0.6 is 11.6 Å². The molecule has 16 heavy (non-hydrogen) atoms. The van der Waals surface area contributed by atoms with Crippen LogP contribution in [0.1, 0.15) is 25.1 Å². The number of aryl methyl sites for hydroxylation is 1. The minimum Gasteiger partial charge on any atom is -0.338 e. The van der Waals surface area contributed by atoms with Gasteiger partial charge in [0.2, 0.25) is 0 Å². The van der Waals surface area contributed by atoms with Crippen LogP contribution in [0.15, 0.2) is 12.4 Å². The Kier molecular flexibility index (Phi) is 4.24. The summed E-state index contributed by atoms with van der Waals surface area (Å²) < 4.78 is 2.10. The topological polar surface area (TPSA) is 21.1 Å². The Hall–Kier alpha value is -0.540. The zero-order chi connectivity index (χ0) is 11.4. The molecule has 1 aliphatic heterocycles. The highest BCUT2D eigenvalue weighted by Gasteiger charge is 2.21. The first-order chi connectivity index (χ1) is 7.81. The SMILES string of the molecule is Cn1ccnc1CCN1CCCCC1CCl. The molecule has 1 saturated heterocycles. The van der Waals surface area contributed by atoms with Crippen molar-refractivity contribution in [1.82, 2.24) is 14.5 Å². The van der Waals surface area contributed by atoms with E-state index in [-0.39, 0.29) is 0 Å². The van der Waals surface area contributed by atoms with Gasteiger partial charge < -0.3 is 4.57 Å². The van der Waals surface area contributed by atoms with Gasteiger partial charge in [-0.1, -0.05) is 6.42 Å². The summed E-state index contributed by atoms with van der Waals surface area (Å²) in [5.74, 6) is 1.93. The van der Waals surface area contributed by atoms with E-state index in [1.807, 2.05) is 12.4 Å². The number of piperidine rings is 1. The summed E-state index contributed by atoms with van der Waals surface area (Å²) in [7, 11) is 2.05. The van der Waals surface area contributed by atoms with Gasteiger partial charge in [0.1, 0.15) is 5.82 Å². The summed E-state index contributed by atoms with van der Waals surface area (Å²) >= 11 is 6.00. The van der Waals surface area contributed by atoms with Crippen LogP contribution in [0.5, 0.6) is 0 Å². The highest BCUT2D eigenvalue weighted by molar-refractivity contribution is 6.18. The number of likely N-dealkylation sites (tertiary alicyclic amines) is 1. The van der Waals surface area contributed by atoms with E-state index in [2.05, 4.69) is 21.5 Å². The first kappa shape index (κ1) is 11.9. The molecule has 0 bridgehead atoms. The maximum Gasteiger partial charge on any atom is 0.109 e. The summed E-state index contributed by atoms with van der Waals surface area (Å²) in [5.41, 5.74) is 0. The summed E-state index contributed by atoms with van der Waals surface area (Å²) in [6.07, 6.45) is 8.79. The first-order valence-electron chi connectivity index (χ1n) is 6.07. The molecule has 1 atom stereocenters. The van der Waals surface area contributed by atoms with Gasteiger partial charge in [0.05, 0.1) is 0 Å². The molecule has 1 aliphatic rings. The van der Waals surface area contributed by atoms with E-state index in [9.17, 15) is 0 Å². The molecule has 1 fully saturated rings. The van der Waals surface area contributed by atoms with Crippen molar-refractivity contribution in [1.29, 1.82) is 0 Å². The normalized spacial score (nSPS) is 22.5. The third-order valence-electron chi connectivity index (χ3n) is 3.47. The molecule has 1 aromatic heterocycles. The number of hydrogen-bond acceptors (Lipinski definition) is 2. The Labute approximate surface area is 102 Å². The number of imidazole rings is 1. The number of hydrogen-bond donors (Lipinski definition) is 0. The minimum absolute atomic E-state index is 0.579. The largest absolute Gasteiger partial charge is 0.338 e. The summed E-state index contributed by atoms with van der Waals surface area (Å²) in [6.45, 7) is 2.28. The molecular weight excluding hydrogens is 222 g/mol. The minimum atomic E-state index is 0.579. The van der Waals surface area contributed by atoms with Crippen molar-refractivity contribution in [2.45, 2.75) is 31.7 Å². The van der Waals surface area contributed by atoms with Gasteiger partial charge in [-0.05, 0) is 19.4 Å². The lowest BCUT2D eigenvalue weighted by atomic mass is 10.0. The van der Waals surface area contributed by atoms with E-state index >= 15 is 0 Å². The van der Waals surface area contributed by atoms with Crippen molar-refractivity contribution >= 4 is 11.6 Å². The lowest BCUT2D eigenvalue weighted by Gasteiger charge is -2.34. The standard InChI is InChI=1S/C12H20ClN3/c1-15-9-6-14-12(15)5-8-16-7-3-2-4-11(16)10-13/h6,9,11H,2-5,7-8,10H2,1H3. The van der Waals surface area contributed by atoms with E-state index in [0.29, 0.717) is 6.04 Å². The van der Waals surface area contributed by atoms with E-state index in [1.54, 1.807) is 0 Å². The fourth-order valence-electron chi connectivity index (χ4n) is 2.41. The molecule has 2 rings (SSSR count). The highest BCUT2D eigenvalue weighted by atomic mass is 35.5. The predicted molar refractivity (Wildman–Crippen MR) is 66.8 cm³/mol. The van der Waals surface area contributed by atoms with Crippen LogP contribution in [0.2, 0.25) is 0 Å². The first-order valence-corrected chi connectivity index (χ1v) is 6.61. The number of alkyl halides is 1. The maximum atomic E-state index is 6.00. The smallest absolute Gasteiger partial charge is 0.109 e. The van der Waals surface area contributed by atoms with Crippen molar-refractivity contribution < 1.29 is 0 Å². The second kappa shape index (κ2) is 5.69. The molecule has 1 aromatic rings. The Morgan fingerprint density at radius 2 is 2.38 bits per heavy atom. The average molecular weight is 242 g/mol. The number of halogens is 1. The van der Waals surface area contributed by atoms with Gasteiger partial charge in [-0.2, -0.15) is 0 Å². The van der Waals surface area contributed by atoms with Crippen molar-refractivity contribution in [3.8, 4) is 0 Å². The monoisotopic (exact) mass is 241 g/mol. The molecule has 0 aliphatic carbocycles. The maximum absolute atomic E-state index is 6.00. The van der Waals surface area contributed by atoms with Crippen molar-refractivity contribution in [3.05, 3.63) is 18.2 Å². The van der Waals surface area contributed by atoms with Crippen molar-refractivity contribution in [2.24, 2.45) is 7.05 Å². The summed E-state index contributed by atoms with van der Waals surface area (Å²) in [6, 6.07) is 0.579. The van der Waals surface area contributed by atoms with Crippen LogP contribution in [0.3, 0.4) is 0 Å². The fraction of sp³-hybridized carbons (Fsp3) is 0.750. The Balaban J connectivity index is 1.86. The molecule has 4 heteroatoms. The number of aromatic nitrogens is 2. The van der Waals surface area contributed by atoms with Gasteiger partial charge >= 0.3 is 0 Å². The molecule has 3 nitrogen and oxygen atoms in total. The van der Waals surface area contributed by atoms with Crippen LogP contribution in [-0.4, -0.2) is 39.5 Å². The molecule has 90 valence electrons. The second-order valence-corrected chi connectivity index (χ2v) is 4.85. The molecule has 0 N–H and O–H groups in total. The number of nitrogens with zero attached hydrogens (tertiary/aromatic N) is 3. The van der Waals surface area contributed by atoms with Crippen molar-refractivity contribution in [3.63, 3.8) is 0 Å². The zero-order valence-electron chi connectivity index (χ0n) is 9.90. The Bertz CT molecular complexity index is 324. The van der Waals surface area contributed by atoms with Crippen LogP contribution in [0, 0.1) is 0 Å². The third kappa shape index (κ3) is 2.77. The van der Waals surface area contributed by atoms with Crippen LogP contribution < -0.4 is 0 Å². The summed E-state index contributed by atoms with van der Waals surface area (Å²) in [5, 5.41) is 0. The molecule has 0 radical (unpaired) electrons. The molecule has 2 heterocycles. The fourth-order valence-corrected chi connectivity index (χ4v) is 2.76. The Morgan fingerprint density at radius 3 is 3.06 bits per heavy atom. The second-order valence-electron chi connectivity index (χ2n) is 4.54. The molecule has 1 unspecified atom stereocenters. The van der Waals surface area contributed by atoms with E-state index in [0.717, 1.165) is 18.8 Å².